The fraction of sp³-hybridized carbons (Fsp3) is 0.600. The Kier molecular flexibility index (Phi) is 4.08. The van der Waals surface area contributed by atoms with E-state index in [2.05, 4.69) is 4.98 Å². The monoisotopic (exact) mass is 314 g/mol. The minimum Gasteiger partial charge on any atom is -0.372 e. The number of rotatable bonds is 4. The van der Waals surface area contributed by atoms with E-state index in [1.165, 1.54) is 12.1 Å². The van der Waals surface area contributed by atoms with Gasteiger partial charge in [0.25, 0.3) is 0 Å². The summed E-state index contributed by atoms with van der Waals surface area (Å²) >= 11 is 0. The normalized spacial score (nSPS) is 22.1. The summed E-state index contributed by atoms with van der Waals surface area (Å²) in [7, 11) is 0. The Hall–Kier alpha value is -1.63. The van der Waals surface area contributed by atoms with Crippen LogP contribution in [0.3, 0.4) is 0 Å². The number of ether oxygens (including phenoxy) is 1. The summed E-state index contributed by atoms with van der Waals surface area (Å²) in [5, 5.41) is 0. The van der Waals surface area contributed by atoms with E-state index >= 15 is 0 Å². The number of carbonyl (C=O) groups is 1. The molecule has 3 rings (SSSR count). The Labute approximate surface area is 126 Å². The molecule has 0 aromatic carbocycles. The molecule has 1 aliphatic carbocycles. The highest BCUT2D eigenvalue weighted by atomic mass is 19.4. The zero-order valence-electron chi connectivity index (χ0n) is 12.0. The number of alkyl halides is 3. The van der Waals surface area contributed by atoms with Crippen LogP contribution in [0.2, 0.25) is 0 Å². The fourth-order valence-corrected chi connectivity index (χ4v) is 2.67. The van der Waals surface area contributed by atoms with Crippen molar-refractivity contribution in [3.8, 4) is 0 Å². The van der Waals surface area contributed by atoms with Gasteiger partial charge in [0.1, 0.15) is 5.69 Å². The van der Waals surface area contributed by atoms with Crippen molar-refractivity contribution in [3.05, 3.63) is 29.6 Å². The minimum atomic E-state index is -4.48. The molecular weight excluding hydrogens is 297 g/mol. The summed E-state index contributed by atoms with van der Waals surface area (Å²) in [6.07, 6.45) is -0.998. The zero-order chi connectivity index (χ0) is 15.7. The van der Waals surface area contributed by atoms with Crippen LogP contribution < -0.4 is 0 Å². The Morgan fingerprint density at radius 3 is 2.82 bits per heavy atom. The zero-order valence-corrected chi connectivity index (χ0v) is 12.0. The molecule has 1 aromatic rings. The number of likely N-dealkylation sites (tertiary alicyclic amines) is 1. The number of carbonyl (C=O) groups excluding carboxylic acids is 1. The van der Waals surface area contributed by atoms with E-state index in [9.17, 15) is 18.0 Å². The second kappa shape index (κ2) is 5.87. The van der Waals surface area contributed by atoms with Crippen LogP contribution >= 0.6 is 0 Å². The van der Waals surface area contributed by atoms with E-state index in [1.807, 2.05) is 0 Å². The van der Waals surface area contributed by atoms with Gasteiger partial charge in [-0.1, -0.05) is 6.07 Å². The van der Waals surface area contributed by atoms with Crippen molar-refractivity contribution in [2.24, 2.45) is 5.92 Å². The standard InChI is InChI=1S/C15H17F3N2O2/c16-15(17,18)13-11(2-1-6-19-13)9-22-12-5-7-20(8-12)14(21)10-3-4-10/h1-2,6,10,12H,3-5,7-9H2. The molecule has 1 aromatic heterocycles. The summed E-state index contributed by atoms with van der Waals surface area (Å²) in [5.41, 5.74) is -0.874. The first-order chi connectivity index (χ1) is 10.4. The Balaban J connectivity index is 1.56. The summed E-state index contributed by atoms with van der Waals surface area (Å²) in [4.78, 5) is 17.1. The van der Waals surface area contributed by atoms with Crippen LogP contribution in [0, 0.1) is 5.92 Å². The van der Waals surface area contributed by atoms with E-state index < -0.39 is 11.9 Å². The second-order valence-electron chi connectivity index (χ2n) is 5.79. The molecular formula is C15H17F3N2O2. The van der Waals surface area contributed by atoms with Crippen molar-refractivity contribution in [2.45, 2.75) is 38.1 Å². The predicted molar refractivity (Wildman–Crippen MR) is 71.7 cm³/mol. The van der Waals surface area contributed by atoms with E-state index in [0.29, 0.717) is 19.5 Å². The molecule has 1 saturated carbocycles. The highest BCUT2D eigenvalue weighted by Crippen LogP contribution is 2.33. The van der Waals surface area contributed by atoms with Crippen LogP contribution in [0.15, 0.2) is 18.3 Å². The first kappa shape index (κ1) is 15.3. The number of hydrogen-bond donors (Lipinski definition) is 0. The minimum absolute atomic E-state index is 0.0296. The van der Waals surface area contributed by atoms with Gasteiger partial charge in [-0.3, -0.25) is 9.78 Å². The van der Waals surface area contributed by atoms with Crippen molar-refractivity contribution in [1.29, 1.82) is 0 Å². The lowest BCUT2D eigenvalue weighted by atomic mass is 10.2. The van der Waals surface area contributed by atoms with Crippen molar-refractivity contribution < 1.29 is 22.7 Å². The third kappa shape index (κ3) is 3.40. The Bertz CT molecular complexity index is 558. The van der Waals surface area contributed by atoms with E-state index in [4.69, 9.17) is 4.74 Å². The van der Waals surface area contributed by atoms with Crippen LogP contribution in [0.1, 0.15) is 30.5 Å². The lowest BCUT2D eigenvalue weighted by Crippen LogP contribution is -2.31. The van der Waals surface area contributed by atoms with Gasteiger partial charge in [-0.2, -0.15) is 13.2 Å². The molecule has 0 radical (unpaired) electrons. The first-order valence-electron chi connectivity index (χ1n) is 7.36. The third-order valence-electron chi connectivity index (χ3n) is 4.02. The van der Waals surface area contributed by atoms with Crippen molar-refractivity contribution >= 4 is 5.91 Å². The highest BCUT2D eigenvalue weighted by molar-refractivity contribution is 5.81. The largest absolute Gasteiger partial charge is 0.433 e. The van der Waals surface area contributed by atoms with Gasteiger partial charge >= 0.3 is 6.18 Å². The maximum absolute atomic E-state index is 12.8. The molecule has 2 aliphatic rings. The summed E-state index contributed by atoms with van der Waals surface area (Å²) in [6, 6.07) is 2.84. The van der Waals surface area contributed by atoms with E-state index in [-0.39, 0.29) is 30.1 Å². The van der Waals surface area contributed by atoms with Crippen molar-refractivity contribution in [3.63, 3.8) is 0 Å². The lowest BCUT2D eigenvalue weighted by molar-refractivity contribution is -0.142. The fourth-order valence-electron chi connectivity index (χ4n) is 2.67. The molecule has 1 unspecified atom stereocenters. The topological polar surface area (TPSA) is 42.4 Å². The average Bonchev–Trinajstić information content (AvgIpc) is 3.22. The second-order valence-corrected chi connectivity index (χ2v) is 5.79. The molecule has 120 valence electrons. The molecule has 4 nitrogen and oxygen atoms in total. The Morgan fingerprint density at radius 1 is 1.36 bits per heavy atom. The van der Waals surface area contributed by atoms with Gasteiger partial charge in [-0.25, -0.2) is 0 Å². The Morgan fingerprint density at radius 2 is 2.14 bits per heavy atom. The number of aromatic nitrogens is 1. The molecule has 0 bridgehead atoms. The van der Waals surface area contributed by atoms with Gasteiger partial charge in [0, 0.05) is 30.8 Å². The third-order valence-corrected chi connectivity index (χ3v) is 4.02. The first-order valence-corrected chi connectivity index (χ1v) is 7.36. The van der Waals surface area contributed by atoms with Gasteiger partial charge in [0.2, 0.25) is 5.91 Å². The molecule has 0 N–H and O–H groups in total. The molecule has 1 atom stereocenters. The molecule has 22 heavy (non-hydrogen) atoms. The maximum atomic E-state index is 12.8. The van der Waals surface area contributed by atoms with Crippen molar-refractivity contribution in [1.82, 2.24) is 9.88 Å². The van der Waals surface area contributed by atoms with E-state index in [0.717, 1.165) is 19.0 Å². The van der Waals surface area contributed by atoms with Gasteiger partial charge in [0.15, 0.2) is 0 Å². The molecule has 2 fully saturated rings. The quantitative estimate of drug-likeness (QED) is 0.858. The van der Waals surface area contributed by atoms with Gasteiger partial charge in [0.05, 0.1) is 12.7 Å². The van der Waals surface area contributed by atoms with Crippen LogP contribution in [0.4, 0.5) is 13.2 Å². The maximum Gasteiger partial charge on any atom is 0.433 e. The number of nitrogens with zero attached hydrogens (tertiary/aromatic N) is 2. The van der Waals surface area contributed by atoms with Crippen molar-refractivity contribution in [2.75, 3.05) is 13.1 Å². The molecule has 2 heterocycles. The number of hydrogen-bond acceptors (Lipinski definition) is 3. The summed E-state index contributed by atoms with van der Waals surface area (Å²) < 4.78 is 44.1. The van der Waals surface area contributed by atoms with Crippen LogP contribution in [0.5, 0.6) is 0 Å². The number of pyridine rings is 1. The SMILES string of the molecule is O=C(C1CC1)N1CCC(OCc2cccnc2C(F)(F)F)C1. The average molecular weight is 314 g/mol. The van der Waals surface area contributed by atoms with Crippen LogP contribution in [-0.4, -0.2) is 35.0 Å². The smallest absolute Gasteiger partial charge is 0.372 e. The number of halogens is 3. The molecule has 1 saturated heterocycles. The summed E-state index contributed by atoms with van der Waals surface area (Å²) in [6.45, 7) is 0.953. The van der Waals surface area contributed by atoms with Crippen LogP contribution in [0.25, 0.3) is 0 Å². The number of amides is 1. The van der Waals surface area contributed by atoms with Crippen LogP contribution in [-0.2, 0) is 22.3 Å². The molecule has 7 heteroatoms. The van der Waals surface area contributed by atoms with E-state index in [1.54, 1.807) is 4.90 Å². The lowest BCUT2D eigenvalue weighted by Gasteiger charge is -2.17. The predicted octanol–water partition coefficient (Wildman–Crippen LogP) is 2.63. The summed E-state index contributed by atoms with van der Waals surface area (Å²) in [5.74, 6) is 0.317. The van der Waals surface area contributed by atoms with Gasteiger partial charge < -0.3 is 9.64 Å². The van der Waals surface area contributed by atoms with Gasteiger partial charge in [-0.05, 0) is 25.3 Å². The molecule has 1 amide bonds. The molecule has 1 aliphatic heterocycles. The molecule has 0 spiro atoms. The highest BCUT2D eigenvalue weighted by Gasteiger charge is 2.38. The van der Waals surface area contributed by atoms with Gasteiger partial charge in [-0.15, -0.1) is 0 Å².